The Kier molecular flexibility index (Phi) is 5.96. The molecule has 2 nitrogen and oxygen atoms in total. The van der Waals surface area contributed by atoms with Gasteiger partial charge in [-0.25, -0.2) is 0 Å². The average Bonchev–Trinajstić information content (AvgIpc) is 2.48. The minimum atomic E-state index is -4.43. The molecule has 7 heteroatoms. The molecule has 0 aliphatic rings. The molecule has 1 amide bonds. The second kappa shape index (κ2) is 7.75. The van der Waals surface area contributed by atoms with Crippen molar-refractivity contribution in [2.75, 3.05) is 11.1 Å². The monoisotopic (exact) mass is 359 g/mol. The van der Waals surface area contributed by atoms with E-state index in [-0.39, 0.29) is 17.3 Å². The van der Waals surface area contributed by atoms with Gasteiger partial charge in [0.2, 0.25) is 5.91 Å². The normalized spacial score (nSPS) is 11.3. The Labute approximate surface area is 141 Å². The van der Waals surface area contributed by atoms with Crippen molar-refractivity contribution in [3.63, 3.8) is 0 Å². The summed E-state index contributed by atoms with van der Waals surface area (Å²) in [4.78, 5) is 11.8. The van der Waals surface area contributed by atoms with Crippen LogP contribution in [0.1, 0.15) is 11.1 Å². The molecule has 0 aliphatic carbocycles. The first-order valence-electron chi connectivity index (χ1n) is 6.64. The Morgan fingerprint density at radius 3 is 2.57 bits per heavy atom. The first-order valence-corrected chi connectivity index (χ1v) is 8.18. The smallest absolute Gasteiger partial charge is 0.325 e. The minimum Gasteiger partial charge on any atom is -0.325 e. The van der Waals surface area contributed by atoms with Gasteiger partial charge in [-0.05, 0) is 29.8 Å². The molecule has 0 fully saturated rings. The number of alkyl halides is 3. The van der Waals surface area contributed by atoms with Crippen LogP contribution < -0.4 is 5.32 Å². The molecule has 0 saturated heterocycles. The Morgan fingerprint density at radius 2 is 1.87 bits per heavy atom. The van der Waals surface area contributed by atoms with Gasteiger partial charge in [0, 0.05) is 16.5 Å². The molecule has 23 heavy (non-hydrogen) atoms. The lowest BCUT2D eigenvalue weighted by Crippen LogP contribution is -2.15. The summed E-state index contributed by atoms with van der Waals surface area (Å²) >= 11 is 7.35. The van der Waals surface area contributed by atoms with E-state index >= 15 is 0 Å². The zero-order valence-corrected chi connectivity index (χ0v) is 13.4. The molecule has 2 rings (SSSR count). The first-order chi connectivity index (χ1) is 10.9. The van der Waals surface area contributed by atoms with Gasteiger partial charge in [-0.3, -0.25) is 4.79 Å². The van der Waals surface area contributed by atoms with Gasteiger partial charge in [0.1, 0.15) is 0 Å². The third-order valence-corrected chi connectivity index (χ3v) is 4.27. The summed E-state index contributed by atoms with van der Waals surface area (Å²) in [6, 6.07) is 11.8. The molecule has 0 bridgehead atoms. The molecular weight excluding hydrogens is 347 g/mol. The number of benzene rings is 2. The Bertz CT molecular complexity index is 691. The number of hydrogen-bond acceptors (Lipinski definition) is 2. The Balaban J connectivity index is 1.87. The van der Waals surface area contributed by atoms with E-state index in [2.05, 4.69) is 5.32 Å². The van der Waals surface area contributed by atoms with Crippen molar-refractivity contribution in [2.45, 2.75) is 11.9 Å². The number of amides is 1. The minimum absolute atomic E-state index is 0.126. The van der Waals surface area contributed by atoms with Crippen LogP contribution in [0.5, 0.6) is 0 Å². The van der Waals surface area contributed by atoms with Crippen LogP contribution in [0.4, 0.5) is 18.9 Å². The Morgan fingerprint density at radius 1 is 1.13 bits per heavy atom. The maximum atomic E-state index is 12.6. The molecule has 1 N–H and O–H groups in total. The zero-order valence-electron chi connectivity index (χ0n) is 11.9. The quantitative estimate of drug-likeness (QED) is 0.791. The van der Waals surface area contributed by atoms with Crippen molar-refractivity contribution >= 4 is 35.0 Å². The van der Waals surface area contributed by atoms with E-state index in [1.165, 1.54) is 23.9 Å². The van der Waals surface area contributed by atoms with Crippen LogP contribution >= 0.6 is 23.4 Å². The molecule has 0 radical (unpaired) electrons. The molecule has 0 aliphatic heterocycles. The third-order valence-electron chi connectivity index (χ3n) is 2.92. The summed E-state index contributed by atoms with van der Waals surface area (Å²) in [6.07, 6.45) is -4.43. The molecule has 0 spiro atoms. The van der Waals surface area contributed by atoms with Crippen LogP contribution in [-0.4, -0.2) is 11.7 Å². The fourth-order valence-corrected chi connectivity index (χ4v) is 2.95. The number of rotatable bonds is 5. The maximum Gasteiger partial charge on any atom is 0.416 e. The van der Waals surface area contributed by atoms with Crippen LogP contribution in [0.3, 0.4) is 0 Å². The predicted octanol–water partition coefficient (Wildman–Crippen LogP) is 5.23. The van der Waals surface area contributed by atoms with Crippen LogP contribution in [-0.2, 0) is 16.7 Å². The number of halogens is 4. The van der Waals surface area contributed by atoms with Crippen molar-refractivity contribution in [1.29, 1.82) is 0 Å². The number of hydrogen-bond donors (Lipinski definition) is 1. The topological polar surface area (TPSA) is 29.1 Å². The Hall–Kier alpha value is -1.66. The number of nitrogens with one attached hydrogen (secondary N) is 1. The highest BCUT2D eigenvalue weighted by Gasteiger charge is 2.30. The number of anilines is 1. The summed E-state index contributed by atoms with van der Waals surface area (Å²) in [5.74, 6) is 0.318. The van der Waals surface area contributed by atoms with E-state index in [1.54, 1.807) is 6.07 Å². The highest BCUT2D eigenvalue weighted by atomic mass is 35.5. The second-order valence-electron chi connectivity index (χ2n) is 4.71. The molecule has 2 aromatic rings. The van der Waals surface area contributed by atoms with Gasteiger partial charge in [-0.2, -0.15) is 13.2 Å². The van der Waals surface area contributed by atoms with E-state index in [0.29, 0.717) is 10.8 Å². The predicted molar refractivity (Wildman–Crippen MR) is 87.7 cm³/mol. The SMILES string of the molecule is O=C(CSCc1ccccc1Cl)Nc1cccc(C(F)(F)F)c1. The fourth-order valence-electron chi connectivity index (χ4n) is 1.84. The lowest BCUT2D eigenvalue weighted by atomic mass is 10.2. The standard InChI is InChI=1S/C16H13ClF3NOS/c17-14-7-2-1-4-11(14)9-23-10-15(22)21-13-6-3-5-12(8-13)16(18,19)20/h1-8H,9-10H2,(H,21,22). The van der Waals surface area contributed by atoms with Crippen LogP contribution in [0.15, 0.2) is 48.5 Å². The van der Waals surface area contributed by atoms with E-state index < -0.39 is 11.7 Å². The third kappa shape index (κ3) is 5.48. The molecule has 0 atom stereocenters. The molecule has 122 valence electrons. The highest BCUT2D eigenvalue weighted by molar-refractivity contribution is 7.99. The van der Waals surface area contributed by atoms with E-state index in [1.807, 2.05) is 18.2 Å². The molecule has 2 aromatic carbocycles. The fraction of sp³-hybridized carbons (Fsp3) is 0.188. The lowest BCUT2D eigenvalue weighted by Gasteiger charge is -2.10. The van der Waals surface area contributed by atoms with E-state index in [0.717, 1.165) is 17.7 Å². The van der Waals surface area contributed by atoms with Gasteiger partial charge in [-0.15, -0.1) is 11.8 Å². The average molecular weight is 360 g/mol. The highest BCUT2D eigenvalue weighted by Crippen LogP contribution is 2.30. The van der Waals surface area contributed by atoms with Gasteiger partial charge < -0.3 is 5.32 Å². The first kappa shape index (κ1) is 17.7. The van der Waals surface area contributed by atoms with Crippen molar-refractivity contribution in [3.05, 3.63) is 64.7 Å². The van der Waals surface area contributed by atoms with Crippen LogP contribution in [0.25, 0.3) is 0 Å². The number of carbonyl (C=O) groups is 1. The van der Waals surface area contributed by atoms with Crippen LogP contribution in [0, 0.1) is 0 Å². The van der Waals surface area contributed by atoms with Crippen molar-refractivity contribution in [3.8, 4) is 0 Å². The maximum absolute atomic E-state index is 12.6. The van der Waals surface area contributed by atoms with Gasteiger partial charge in [0.05, 0.1) is 11.3 Å². The summed E-state index contributed by atoms with van der Waals surface area (Å²) in [7, 11) is 0. The molecule has 0 saturated carbocycles. The van der Waals surface area contributed by atoms with Gasteiger partial charge in [0.25, 0.3) is 0 Å². The molecule has 0 heterocycles. The lowest BCUT2D eigenvalue weighted by molar-refractivity contribution is -0.137. The molecule has 0 aromatic heterocycles. The van der Waals surface area contributed by atoms with Gasteiger partial charge in [0.15, 0.2) is 0 Å². The van der Waals surface area contributed by atoms with Crippen molar-refractivity contribution in [2.24, 2.45) is 0 Å². The van der Waals surface area contributed by atoms with E-state index in [9.17, 15) is 18.0 Å². The van der Waals surface area contributed by atoms with Crippen LogP contribution in [0.2, 0.25) is 5.02 Å². The second-order valence-corrected chi connectivity index (χ2v) is 6.10. The summed E-state index contributed by atoms with van der Waals surface area (Å²) in [5, 5.41) is 3.09. The largest absolute Gasteiger partial charge is 0.416 e. The van der Waals surface area contributed by atoms with E-state index in [4.69, 9.17) is 11.6 Å². The molecular formula is C16H13ClF3NOS. The van der Waals surface area contributed by atoms with Crippen molar-refractivity contribution in [1.82, 2.24) is 0 Å². The number of carbonyl (C=O) groups excluding carboxylic acids is 1. The summed E-state index contributed by atoms with van der Waals surface area (Å²) < 4.78 is 37.8. The summed E-state index contributed by atoms with van der Waals surface area (Å²) in [5.41, 5.74) is 0.244. The summed E-state index contributed by atoms with van der Waals surface area (Å²) in [6.45, 7) is 0. The van der Waals surface area contributed by atoms with Gasteiger partial charge >= 0.3 is 6.18 Å². The van der Waals surface area contributed by atoms with Crippen molar-refractivity contribution < 1.29 is 18.0 Å². The van der Waals surface area contributed by atoms with Gasteiger partial charge in [-0.1, -0.05) is 35.9 Å². The number of thioether (sulfide) groups is 1. The zero-order chi connectivity index (χ0) is 16.9. The molecule has 0 unspecified atom stereocenters.